The number of rotatable bonds is 6. The van der Waals surface area contributed by atoms with Crippen LogP contribution in [0.5, 0.6) is 0 Å². The van der Waals surface area contributed by atoms with Crippen LogP contribution in [-0.4, -0.2) is 84.6 Å². The van der Waals surface area contributed by atoms with E-state index in [1.807, 2.05) is 25.6 Å². The molecule has 0 aromatic heterocycles. The SMILES string of the molecule is S=C(NN1CCCC1)[S][Bi]([S]C(=S)NN1CCCC1)[S]C(=S)NN1CCCC1. The summed E-state index contributed by atoms with van der Waals surface area (Å²) in [5, 5.41) is 6.69. The van der Waals surface area contributed by atoms with Crippen LogP contribution >= 0.6 is 62.2 Å². The van der Waals surface area contributed by atoms with Crippen molar-refractivity contribution in [3.05, 3.63) is 0 Å². The Morgan fingerprint density at radius 2 is 0.786 bits per heavy atom. The predicted octanol–water partition coefficient (Wildman–Crippen LogP) is 2.83. The first-order valence-electron chi connectivity index (χ1n) is 9.59. The number of nitrogens with zero attached hydrogens (tertiary/aromatic N) is 3. The molecule has 3 N–H and O–H groups in total. The normalized spacial score (nSPS) is 21.3. The van der Waals surface area contributed by atoms with E-state index in [4.69, 9.17) is 36.7 Å². The van der Waals surface area contributed by atoms with Crippen molar-refractivity contribution in [3.63, 3.8) is 0 Å². The second-order valence-electron chi connectivity index (χ2n) is 6.78. The van der Waals surface area contributed by atoms with Gasteiger partial charge < -0.3 is 0 Å². The van der Waals surface area contributed by atoms with E-state index in [0.29, 0.717) is 0 Å². The number of hydrogen-bond acceptors (Lipinski definition) is 9. The molecule has 28 heavy (non-hydrogen) atoms. The first kappa shape index (κ1) is 24.1. The molecule has 3 rings (SSSR count). The van der Waals surface area contributed by atoms with Gasteiger partial charge in [-0.15, -0.1) is 0 Å². The first-order valence-corrected chi connectivity index (χ1v) is 25.9. The molecule has 3 heterocycles. The molecule has 0 amide bonds. The van der Waals surface area contributed by atoms with Crippen LogP contribution in [0.2, 0.25) is 0 Å². The Bertz CT molecular complexity index is 475. The van der Waals surface area contributed by atoms with Crippen LogP contribution in [0.1, 0.15) is 38.5 Å². The van der Waals surface area contributed by atoms with Gasteiger partial charge in [-0.2, -0.15) is 0 Å². The van der Waals surface area contributed by atoms with E-state index in [1.54, 1.807) is 0 Å². The molecule has 0 atom stereocenters. The van der Waals surface area contributed by atoms with Gasteiger partial charge in [0.05, 0.1) is 0 Å². The topological polar surface area (TPSA) is 45.8 Å². The third-order valence-corrected chi connectivity index (χ3v) is 34.7. The molecular weight excluding hydrogens is 666 g/mol. The zero-order valence-corrected chi connectivity index (χ0v) is 24.1. The van der Waals surface area contributed by atoms with Crippen LogP contribution in [0.4, 0.5) is 0 Å². The Morgan fingerprint density at radius 3 is 1.04 bits per heavy atom. The molecule has 3 aliphatic heterocycles. The molecule has 158 valence electrons. The molecule has 3 aliphatic rings. The van der Waals surface area contributed by atoms with Gasteiger partial charge in [0.2, 0.25) is 0 Å². The first-order chi connectivity index (χ1) is 13.6. The van der Waals surface area contributed by atoms with Gasteiger partial charge in [0.1, 0.15) is 0 Å². The molecule has 0 radical (unpaired) electrons. The van der Waals surface area contributed by atoms with Crippen LogP contribution in [0.15, 0.2) is 0 Å². The Labute approximate surface area is 199 Å². The van der Waals surface area contributed by atoms with Gasteiger partial charge in [-0.3, -0.25) is 0 Å². The van der Waals surface area contributed by atoms with Crippen molar-refractivity contribution in [2.45, 2.75) is 38.5 Å². The van der Waals surface area contributed by atoms with Gasteiger partial charge in [-0.05, 0) is 0 Å². The number of hydrazine groups is 3. The molecule has 0 aromatic carbocycles. The van der Waals surface area contributed by atoms with Crippen LogP contribution in [0.25, 0.3) is 0 Å². The average molecular weight is 693 g/mol. The fourth-order valence-corrected chi connectivity index (χ4v) is 40.1. The second-order valence-corrected chi connectivity index (χ2v) is 34.4. The summed E-state index contributed by atoms with van der Waals surface area (Å²) < 4.78 is 2.60. The van der Waals surface area contributed by atoms with Crippen molar-refractivity contribution in [1.29, 1.82) is 0 Å². The Hall–Kier alpha value is 1.48. The molecule has 0 aliphatic carbocycles. The van der Waals surface area contributed by atoms with E-state index < -0.39 is 17.4 Å². The zero-order chi connectivity index (χ0) is 19.8. The molecule has 0 aromatic rings. The molecule has 0 bridgehead atoms. The van der Waals surface area contributed by atoms with Crippen LogP contribution in [-0.2, 0) is 0 Å². The van der Waals surface area contributed by atoms with E-state index >= 15 is 0 Å². The van der Waals surface area contributed by atoms with E-state index in [1.165, 1.54) is 38.5 Å². The summed E-state index contributed by atoms with van der Waals surface area (Å²) in [6, 6.07) is 0. The van der Waals surface area contributed by atoms with Gasteiger partial charge >= 0.3 is 202 Å². The van der Waals surface area contributed by atoms with Crippen LogP contribution in [0.3, 0.4) is 0 Å². The number of hydrogen-bond donors (Lipinski definition) is 3. The van der Waals surface area contributed by atoms with E-state index in [2.05, 4.69) is 31.3 Å². The Balaban J connectivity index is 1.49. The van der Waals surface area contributed by atoms with Crippen molar-refractivity contribution in [2.24, 2.45) is 0 Å². The summed E-state index contributed by atoms with van der Waals surface area (Å²) in [5.41, 5.74) is 10.2. The third-order valence-electron chi connectivity index (χ3n) is 4.54. The predicted molar refractivity (Wildman–Crippen MR) is 138 cm³/mol. The molecule has 13 heteroatoms. The van der Waals surface area contributed by atoms with Gasteiger partial charge in [-0.1, -0.05) is 0 Å². The molecule has 0 unspecified atom stereocenters. The molecular formula is C15H27BiN6S6. The van der Waals surface area contributed by atoms with Gasteiger partial charge in [0.15, 0.2) is 0 Å². The minimum atomic E-state index is -2.27. The Morgan fingerprint density at radius 1 is 0.536 bits per heavy atom. The molecule has 3 saturated heterocycles. The van der Waals surface area contributed by atoms with Crippen molar-refractivity contribution in [3.8, 4) is 0 Å². The molecule has 0 spiro atoms. The van der Waals surface area contributed by atoms with E-state index in [0.717, 1.165) is 52.2 Å². The van der Waals surface area contributed by atoms with Crippen molar-refractivity contribution >= 4 is 92.5 Å². The molecule has 6 nitrogen and oxygen atoms in total. The minimum absolute atomic E-state index is 0.868. The summed E-state index contributed by atoms with van der Waals surface area (Å²) in [4.78, 5) is 0. The average Bonchev–Trinajstić information content (AvgIpc) is 3.37. The standard InChI is InChI=1S/3C5H10N2S2.Bi/c3*8-5(9)6-7-3-1-2-4-7;/h3*1-4H2,(H2,6,8,9);/q;;;+3/p-3. The molecule has 0 saturated carbocycles. The Kier molecular flexibility index (Phi) is 11.3. The van der Waals surface area contributed by atoms with E-state index in [-0.39, 0.29) is 0 Å². The van der Waals surface area contributed by atoms with E-state index in [9.17, 15) is 0 Å². The van der Waals surface area contributed by atoms with Crippen molar-refractivity contribution in [2.75, 3.05) is 39.3 Å². The van der Waals surface area contributed by atoms with Gasteiger partial charge in [0.25, 0.3) is 0 Å². The van der Waals surface area contributed by atoms with Crippen molar-refractivity contribution in [1.82, 2.24) is 31.3 Å². The van der Waals surface area contributed by atoms with Gasteiger partial charge in [0, 0.05) is 0 Å². The molecule has 3 fully saturated rings. The van der Waals surface area contributed by atoms with Crippen molar-refractivity contribution < 1.29 is 0 Å². The fraction of sp³-hybridized carbons (Fsp3) is 0.800. The van der Waals surface area contributed by atoms with Gasteiger partial charge in [-0.25, -0.2) is 0 Å². The third kappa shape index (κ3) is 8.92. The van der Waals surface area contributed by atoms with Crippen LogP contribution < -0.4 is 16.3 Å². The summed E-state index contributed by atoms with van der Waals surface area (Å²) in [6.07, 6.45) is 7.44. The number of thiocarbonyl (C=S) groups is 3. The summed E-state index contributed by atoms with van der Waals surface area (Å²) in [5.74, 6) is 0. The summed E-state index contributed by atoms with van der Waals surface area (Å²) in [6.45, 7) is 6.44. The maximum absolute atomic E-state index is 5.65. The summed E-state index contributed by atoms with van der Waals surface area (Å²) >= 11 is 14.7. The maximum atomic E-state index is 5.65. The summed E-state index contributed by atoms with van der Waals surface area (Å²) in [7, 11) is 5.46. The van der Waals surface area contributed by atoms with Crippen LogP contribution in [0, 0.1) is 0 Å². The second kappa shape index (κ2) is 13.1. The fourth-order valence-electron chi connectivity index (χ4n) is 3.19. The zero-order valence-electron chi connectivity index (χ0n) is 15.7. The quantitative estimate of drug-likeness (QED) is 0.284. The monoisotopic (exact) mass is 692 g/mol. The number of nitrogens with one attached hydrogen (secondary N) is 3.